The molecule has 1 N–H and O–H groups in total. The molecule has 0 spiro atoms. The van der Waals surface area contributed by atoms with Gasteiger partial charge in [0.05, 0.1) is 0 Å². The van der Waals surface area contributed by atoms with Gasteiger partial charge in [0.1, 0.15) is 0 Å². The van der Waals surface area contributed by atoms with Crippen molar-refractivity contribution in [2.45, 2.75) is 64.7 Å². The van der Waals surface area contributed by atoms with Gasteiger partial charge in [0.25, 0.3) is 0 Å². The van der Waals surface area contributed by atoms with Gasteiger partial charge in [0.15, 0.2) is 0 Å². The number of fused-ring (bicyclic) bond motifs is 1. The van der Waals surface area contributed by atoms with E-state index in [2.05, 4.69) is 13.0 Å². The van der Waals surface area contributed by atoms with Crippen molar-refractivity contribution in [1.82, 2.24) is 0 Å². The first-order valence-corrected chi connectivity index (χ1v) is 7.64. The zero-order valence-electron chi connectivity index (χ0n) is 11.5. The van der Waals surface area contributed by atoms with Crippen molar-refractivity contribution in [3.8, 4) is 0 Å². The van der Waals surface area contributed by atoms with E-state index >= 15 is 0 Å². The largest absolute Gasteiger partial charge is 0.481 e. The fourth-order valence-electron chi connectivity index (χ4n) is 3.92. The Kier molecular flexibility index (Phi) is 4.85. The molecule has 2 heteroatoms. The molecule has 0 aromatic carbocycles. The summed E-state index contributed by atoms with van der Waals surface area (Å²) in [4.78, 5) is 10.8. The molecule has 2 rings (SSSR count). The summed E-state index contributed by atoms with van der Waals surface area (Å²) in [5.74, 6) is 1.51. The van der Waals surface area contributed by atoms with Crippen molar-refractivity contribution in [2.24, 2.45) is 17.8 Å². The molecule has 1 fully saturated rings. The molecular formula is C16H26O2. The summed E-state index contributed by atoms with van der Waals surface area (Å²) in [5.41, 5.74) is 1.60. The molecule has 3 atom stereocenters. The number of unbranched alkanes of at least 4 members (excludes halogenated alkanes) is 2. The van der Waals surface area contributed by atoms with Crippen LogP contribution < -0.4 is 0 Å². The van der Waals surface area contributed by atoms with Gasteiger partial charge in [-0.3, -0.25) is 4.79 Å². The monoisotopic (exact) mass is 250 g/mol. The first-order valence-electron chi connectivity index (χ1n) is 7.64. The molecule has 1 saturated carbocycles. The molecule has 0 unspecified atom stereocenters. The zero-order chi connectivity index (χ0) is 13.0. The van der Waals surface area contributed by atoms with Gasteiger partial charge in [-0.15, -0.1) is 0 Å². The number of allylic oxidation sites excluding steroid dienone is 2. The van der Waals surface area contributed by atoms with Gasteiger partial charge in [-0.05, 0) is 49.9 Å². The van der Waals surface area contributed by atoms with Crippen LogP contribution in [-0.4, -0.2) is 11.1 Å². The summed E-state index contributed by atoms with van der Waals surface area (Å²) < 4.78 is 0. The topological polar surface area (TPSA) is 37.3 Å². The maximum Gasteiger partial charge on any atom is 0.303 e. The van der Waals surface area contributed by atoms with E-state index in [1.165, 1.54) is 44.9 Å². The van der Waals surface area contributed by atoms with Crippen LogP contribution in [-0.2, 0) is 4.79 Å². The molecule has 0 aromatic heterocycles. The van der Waals surface area contributed by atoms with E-state index in [0.29, 0.717) is 12.3 Å². The minimum Gasteiger partial charge on any atom is -0.481 e. The van der Waals surface area contributed by atoms with Crippen LogP contribution in [0.5, 0.6) is 0 Å². The third-order valence-electron chi connectivity index (χ3n) is 4.78. The molecule has 2 aliphatic carbocycles. The summed E-state index contributed by atoms with van der Waals surface area (Å²) in [5, 5.41) is 8.90. The number of hydrogen-bond acceptors (Lipinski definition) is 1. The lowest BCUT2D eigenvalue weighted by molar-refractivity contribution is -0.137. The first-order chi connectivity index (χ1) is 8.72. The minimum atomic E-state index is -0.635. The molecule has 102 valence electrons. The average molecular weight is 250 g/mol. The third-order valence-corrected chi connectivity index (χ3v) is 4.78. The highest BCUT2D eigenvalue weighted by atomic mass is 16.4. The van der Waals surface area contributed by atoms with E-state index < -0.39 is 5.97 Å². The zero-order valence-corrected chi connectivity index (χ0v) is 11.5. The van der Waals surface area contributed by atoms with E-state index in [-0.39, 0.29) is 0 Å². The lowest BCUT2D eigenvalue weighted by atomic mass is 9.83. The van der Waals surface area contributed by atoms with E-state index in [1.54, 1.807) is 5.57 Å². The lowest BCUT2D eigenvalue weighted by Crippen LogP contribution is -2.14. The van der Waals surface area contributed by atoms with Gasteiger partial charge in [-0.25, -0.2) is 0 Å². The van der Waals surface area contributed by atoms with Crippen LogP contribution in [0.2, 0.25) is 0 Å². The predicted molar refractivity (Wildman–Crippen MR) is 73.4 cm³/mol. The Morgan fingerprint density at radius 2 is 2.22 bits per heavy atom. The molecule has 2 aliphatic rings. The average Bonchev–Trinajstić information content (AvgIpc) is 2.87. The van der Waals surface area contributed by atoms with E-state index in [0.717, 1.165) is 18.3 Å². The minimum absolute atomic E-state index is 0.346. The molecule has 0 radical (unpaired) electrons. The van der Waals surface area contributed by atoms with Crippen molar-refractivity contribution in [1.29, 1.82) is 0 Å². The second-order valence-electron chi connectivity index (χ2n) is 6.00. The van der Waals surface area contributed by atoms with Crippen molar-refractivity contribution >= 4 is 5.97 Å². The number of carbonyl (C=O) groups is 1. The summed E-state index contributed by atoms with van der Waals surface area (Å²) >= 11 is 0. The van der Waals surface area contributed by atoms with Gasteiger partial charge >= 0.3 is 5.97 Å². The van der Waals surface area contributed by atoms with Gasteiger partial charge in [0.2, 0.25) is 0 Å². The van der Waals surface area contributed by atoms with Crippen LogP contribution in [0.1, 0.15) is 64.7 Å². The number of aliphatic carboxylic acids is 1. The highest BCUT2D eigenvalue weighted by Gasteiger charge is 2.39. The van der Waals surface area contributed by atoms with Crippen LogP contribution in [0.3, 0.4) is 0 Å². The fourth-order valence-corrected chi connectivity index (χ4v) is 3.92. The molecule has 0 heterocycles. The fraction of sp³-hybridized carbons (Fsp3) is 0.812. The molecule has 0 saturated heterocycles. The summed E-state index contributed by atoms with van der Waals surface area (Å²) in [7, 11) is 0. The number of hydrogen-bond donors (Lipinski definition) is 1. The lowest BCUT2D eigenvalue weighted by Gasteiger charge is -2.21. The first kappa shape index (κ1) is 13.6. The van der Waals surface area contributed by atoms with E-state index in [9.17, 15) is 4.79 Å². The summed E-state index contributed by atoms with van der Waals surface area (Å²) in [6, 6.07) is 0. The number of rotatable bonds is 7. The Morgan fingerprint density at radius 1 is 1.39 bits per heavy atom. The van der Waals surface area contributed by atoms with Crippen LogP contribution in [0, 0.1) is 17.8 Å². The summed E-state index contributed by atoms with van der Waals surface area (Å²) in [6.07, 6.45) is 12.8. The molecule has 0 aliphatic heterocycles. The molecule has 0 amide bonds. The second kappa shape index (κ2) is 6.40. The van der Waals surface area contributed by atoms with Crippen LogP contribution >= 0.6 is 0 Å². The Morgan fingerprint density at radius 3 is 2.94 bits per heavy atom. The molecule has 2 nitrogen and oxygen atoms in total. The Balaban J connectivity index is 1.93. The van der Waals surface area contributed by atoms with Crippen LogP contribution in [0.4, 0.5) is 0 Å². The van der Waals surface area contributed by atoms with E-state index in [1.807, 2.05) is 0 Å². The van der Waals surface area contributed by atoms with E-state index in [4.69, 9.17) is 5.11 Å². The Bertz CT molecular complexity index is 319. The van der Waals surface area contributed by atoms with Gasteiger partial charge in [0, 0.05) is 6.42 Å². The Labute approximate surface area is 110 Å². The number of carboxylic acid groups (broad SMARTS) is 1. The quantitative estimate of drug-likeness (QED) is 0.537. The number of carboxylic acids is 1. The predicted octanol–water partition coefficient (Wildman–Crippen LogP) is 4.40. The Hall–Kier alpha value is -0.790. The van der Waals surface area contributed by atoms with Gasteiger partial charge in [-0.1, -0.05) is 37.8 Å². The summed E-state index contributed by atoms with van der Waals surface area (Å²) in [6.45, 7) is 2.24. The standard InChI is InChI=1S/C16H26O2/c1-2-3-4-6-12-11-13-7-5-8-14(13)15(12)9-10-16(17)18/h11,13-15H,2-10H2,1H3,(H,17,18)/t13-,14-,15-/m1/s1. The third kappa shape index (κ3) is 3.15. The molecule has 18 heavy (non-hydrogen) atoms. The highest BCUT2D eigenvalue weighted by molar-refractivity contribution is 5.66. The maximum atomic E-state index is 10.8. The molecule has 0 aromatic rings. The van der Waals surface area contributed by atoms with Crippen molar-refractivity contribution in [3.63, 3.8) is 0 Å². The highest BCUT2D eigenvalue weighted by Crippen LogP contribution is 2.49. The smallest absolute Gasteiger partial charge is 0.303 e. The van der Waals surface area contributed by atoms with Crippen molar-refractivity contribution < 1.29 is 9.90 Å². The van der Waals surface area contributed by atoms with Gasteiger partial charge in [-0.2, -0.15) is 0 Å². The second-order valence-corrected chi connectivity index (χ2v) is 6.00. The maximum absolute atomic E-state index is 10.8. The van der Waals surface area contributed by atoms with Crippen LogP contribution in [0.15, 0.2) is 11.6 Å². The van der Waals surface area contributed by atoms with Crippen molar-refractivity contribution in [3.05, 3.63) is 11.6 Å². The normalized spacial score (nSPS) is 30.3. The van der Waals surface area contributed by atoms with Gasteiger partial charge < -0.3 is 5.11 Å². The molecule has 0 bridgehead atoms. The van der Waals surface area contributed by atoms with Crippen molar-refractivity contribution in [2.75, 3.05) is 0 Å². The SMILES string of the molecule is CCCCCC1=C[C@H]2CCC[C@H]2[C@@H]1CCC(=O)O. The van der Waals surface area contributed by atoms with Crippen LogP contribution in [0.25, 0.3) is 0 Å². The molecular weight excluding hydrogens is 224 g/mol.